The molecule has 23 heavy (non-hydrogen) atoms. The van der Waals surface area contributed by atoms with Crippen molar-refractivity contribution < 1.29 is 72.5 Å². The van der Waals surface area contributed by atoms with Gasteiger partial charge in [0, 0.05) is 23.7 Å². The van der Waals surface area contributed by atoms with Gasteiger partial charge < -0.3 is 25.2 Å². The van der Waals surface area contributed by atoms with Gasteiger partial charge in [-0.25, -0.2) is 13.2 Å². The molecule has 0 saturated carbocycles. The molecule has 0 bridgehead atoms. The summed E-state index contributed by atoms with van der Waals surface area (Å²) in [6.07, 6.45) is -0.502. The number of aliphatic hydroxyl groups is 2. The maximum absolute atomic E-state index is 11.4. The molecule has 122 valence electrons. The van der Waals surface area contributed by atoms with E-state index >= 15 is 0 Å². The Morgan fingerprint density at radius 2 is 1.52 bits per heavy atom. The van der Waals surface area contributed by atoms with E-state index in [1.165, 1.54) is 0 Å². The molecule has 1 rings (SSSR count). The summed E-state index contributed by atoms with van der Waals surface area (Å²) in [4.78, 5) is 21.2. The van der Waals surface area contributed by atoms with Crippen LogP contribution >= 0.6 is 0 Å². The van der Waals surface area contributed by atoms with Crippen molar-refractivity contribution in [3.8, 4) is 0 Å². The monoisotopic (exact) mass is 356 g/mol. The van der Waals surface area contributed by atoms with Crippen LogP contribution in [-0.4, -0.2) is 58.5 Å². The molecular formula is C12H13NaO9S. The van der Waals surface area contributed by atoms with E-state index in [4.69, 9.17) is 15.3 Å². The van der Waals surface area contributed by atoms with Gasteiger partial charge in [-0.2, -0.15) is 0 Å². The number of aromatic carboxylic acids is 2. The average Bonchev–Trinajstić information content (AvgIpc) is 2.38. The van der Waals surface area contributed by atoms with Crippen LogP contribution in [0.3, 0.4) is 0 Å². The van der Waals surface area contributed by atoms with Crippen LogP contribution in [0, 0.1) is 6.07 Å². The molecule has 0 aliphatic carbocycles. The molecule has 0 unspecified atom stereocenters. The Hall–Kier alpha value is -1.01. The van der Waals surface area contributed by atoms with E-state index in [-0.39, 0.29) is 53.5 Å². The zero-order valence-electron chi connectivity index (χ0n) is 12.1. The largest absolute Gasteiger partial charge is 1.00 e. The van der Waals surface area contributed by atoms with E-state index in [0.717, 1.165) is 0 Å². The Bertz CT molecular complexity index is 712. The number of carboxylic acid groups (broad SMARTS) is 2. The van der Waals surface area contributed by atoms with Gasteiger partial charge in [-0.15, -0.1) is 17.2 Å². The average molecular weight is 356 g/mol. The number of rotatable bonds is 7. The molecule has 0 heterocycles. The van der Waals surface area contributed by atoms with Crippen molar-refractivity contribution in [1.82, 2.24) is 0 Å². The van der Waals surface area contributed by atoms with Gasteiger partial charge in [-0.05, 0) is 18.4 Å². The summed E-state index contributed by atoms with van der Waals surface area (Å²) in [5.41, 5.74) is -2.25. The van der Waals surface area contributed by atoms with Crippen molar-refractivity contribution in [3.05, 3.63) is 28.3 Å². The number of aliphatic hydroxyl groups excluding tert-OH is 2. The second kappa shape index (κ2) is 8.73. The van der Waals surface area contributed by atoms with Crippen LogP contribution in [0.25, 0.3) is 0 Å². The SMILES string of the molecule is O=C(O)c1[c-]c(CCO)c(CCO)c(C(=O)O)c1S(=O)(=O)O.[Na+]. The maximum atomic E-state index is 11.4. The minimum Gasteiger partial charge on any atom is -0.521 e. The Kier molecular flexibility index (Phi) is 8.35. The maximum Gasteiger partial charge on any atom is 1.00 e. The summed E-state index contributed by atoms with van der Waals surface area (Å²) >= 11 is 0. The molecule has 0 aliphatic rings. The molecule has 0 spiro atoms. The predicted octanol–water partition coefficient (Wildman–Crippen LogP) is -3.80. The van der Waals surface area contributed by atoms with Crippen molar-refractivity contribution >= 4 is 22.1 Å². The molecule has 0 saturated heterocycles. The predicted molar refractivity (Wildman–Crippen MR) is 70.6 cm³/mol. The molecule has 1 aromatic rings. The first-order valence-electron chi connectivity index (χ1n) is 5.92. The van der Waals surface area contributed by atoms with Crippen molar-refractivity contribution in [1.29, 1.82) is 0 Å². The third-order valence-corrected chi connectivity index (χ3v) is 3.73. The summed E-state index contributed by atoms with van der Waals surface area (Å²) in [6.45, 7) is -1.03. The second-order valence-electron chi connectivity index (χ2n) is 4.19. The first-order chi connectivity index (χ1) is 10.1. The molecule has 0 fully saturated rings. The number of hydrogen-bond acceptors (Lipinski definition) is 6. The van der Waals surface area contributed by atoms with E-state index in [9.17, 15) is 27.7 Å². The fraction of sp³-hybridized carbons (Fsp3) is 0.333. The number of carbonyl (C=O) groups is 2. The molecule has 0 atom stereocenters. The van der Waals surface area contributed by atoms with E-state index < -0.39 is 51.3 Å². The van der Waals surface area contributed by atoms with Crippen molar-refractivity contribution in [3.63, 3.8) is 0 Å². The smallest absolute Gasteiger partial charge is 0.521 e. The zero-order chi connectivity index (χ0) is 17.1. The molecule has 0 aromatic heterocycles. The molecule has 0 radical (unpaired) electrons. The summed E-state index contributed by atoms with van der Waals surface area (Å²) in [7, 11) is -5.16. The van der Waals surface area contributed by atoms with Gasteiger partial charge in [-0.1, -0.05) is 0 Å². The number of hydrogen-bond donors (Lipinski definition) is 5. The Balaban J connectivity index is 0.00000484. The summed E-state index contributed by atoms with van der Waals surface area (Å²) < 4.78 is 32.0. The molecule has 0 aliphatic heterocycles. The Labute approximate surface area is 153 Å². The number of carboxylic acids is 2. The summed E-state index contributed by atoms with van der Waals surface area (Å²) in [5.74, 6) is -3.59. The van der Waals surface area contributed by atoms with E-state index in [1.807, 2.05) is 0 Å². The topological polar surface area (TPSA) is 169 Å². The van der Waals surface area contributed by atoms with Crippen LogP contribution in [0.4, 0.5) is 0 Å². The van der Waals surface area contributed by atoms with Crippen molar-refractivity contribution in [2.24, 2.45) is 0 Å². The van der Waals surface area contributed by atoms with Crippen LogP contribution in [-0.2, 0) is 23.0 Å². The molecule has 0 amide bonds. The van der Waals surface area contributed by atoms with Crippen LogP contribution in [0.15, 0.2) is 4.90 Å². The molecular weight excluding hydrogens is 343 g/mol. The molecule has 9 nitrogen and oxygen atoms in total. The van der Waals surface area contributed by atoms with Gasteiger partial charge in [0.2, 0.25) is 5.97 Å². The van der Waals surface area contributed by atoms with Crippen LogP contribution in [0.2, 0.25) is 0 Å². The van der Waals surface area contributed by atoms with Crippen molar-refractivity contribution in [2.75, 3.05) is 13.2 Å². The quantitative estimate of drug-likeness (QED) is 0.187. The minimum atomic E-state index is -5.16. The van der Waals surface area contributed by atoms with E-state index in [0.29, 0.717) is 0 Å². The van der Waals surface area contributed by atoms with Gasteiger partial charge in [0.1, 0.15) is 0 Å². The Morgan fingerprint density at radius 1 is 1.00 bits per heavy atom. The van der Waals surface area contributed by atoms with Crippen LogP contribution in [0.1, 0.15) is 31.8 Å². The first kappa shape index (κ1) is 22.0. The minimum absolute atomic E-state index is 0. The van der Waals surface area contributed by atoms with Gasteiger partial charge in [0.05, 0.1) is 0 Å². The summed E-state index contributed by atoms with van der Waals surface area (Å²) in [5, 5.41) is 36.2. The van der Waals surface area contributed by atoms with Crippen molar-refractivity contribution in [2.45, 2.75) is 17.7 Å². The fourth-order valence-electron chi connectivity index (χ4n) is 2.04. The van der Waals surface area contributed by atoms with E-state index in [2.05, 4.69) is 6.07 Å². The molecule has 5 N–H and O–H groups in total. The normalized spacial score (nSPS) is 10.9. The van der Waals surface area contributed by atoms with Gasteiger partial charge >= 0.3 is 35.5 Å². The summed E-state index contributed by atoms with van der Waals surface area (Å²) in [6, 6.07) is 2.20. The van der Waals surface area contributed by atoms with Gasteiger partial charge in [0.25, 0.3) is 10.1 Å². The number of benzene rings is 1. The van der Waals surface area contributed by atoms with Gasteiger partial charge in [0.15, 0.2) is 0 Å². The molecule has 11 heteroatoms. The second-order valence-corrected chi connectivity index (χ2v) is 5.55. The van der Waals surface area contributed by atoms with Crippen LogP contribution in [0.5, 0.6) is 0 Å². The van der Waals surface area contributed by atoms with Gasteiger partial charge in [-0.3, -0.25) is 4.55 Å². The first-order valence-corrected chi connectivity index (χ1v) is 7.36. The van der Waals surface area contributed by atoms with Crippen LogP contribution < -0.4 is 29.6 Å². The fourth-order valence-corrected chi connectivity index (χ4v) is 2.91. The standard InChI is InChI=1S/C12H13O9S.Na/c13-3-1-6-5-8(11(15)16)10(22(19,20)21)9(12(17)18)7(6)2-4-14;/h13-14H,1-4H2,(H,15,16)(H,17,18)(H,19,20,21);/q-1;+1. The Morgan fingerprint density at radius 3 is 1.87 bits per heavy atom. The third-order valence-electron chi connectivity index (χ3n) is 2.81. The van der Waals surface area contributed by atoms with E-state index in [1.54, 1.807) is 0 Å². The molecule has 1 aromatic carbocycles. The zero-order valence-corrected chi connectivity index (χ0v) is 14.9. The third kappa shape index (κ3) is 4.98.